The highest BCUT2D eigenvalue weighted by Gasteiger charge is 2.21. The first kappa shape index (κ1) is 19.8. The molecule has 1 fully saturated rings. The fourth-order valence-corrected chi connectivity index (χ4v) is 4.77. The zero-order valence-electron chi connectivity index (χ0n) is 17.1. The Bertz CT molecular complexity index is 909. The van der Waals surface area contributed by atoms with Crippen molar-refractivity contribution < 1.29 is 14.2 Å². The van der Waals surface area contributed by atoms with Gasteiger partial charge >= 0.3 is 0 Å². The third-order valence-electron chi connectivity index (χ3n) is 5.34. The molecule has 154 valence electrons. The van der Waals surface area contributed by atoms with Crippen LogP contribution in [0.2, 0.25) is 0 Å². The topological polar surface area (TPSA) is 55.9 Å². The quantitative estimate of drug-likeness (QED) is 0.620. The van der Waals surface area contributed by atoms with Crippen molar-refractivity contribution in [3.8, 4) is 17.2 Å². The van der Waals surface area contributed by atoms with Crippen LogP contribution in [0.25, 0.3) is 10.2 Å². The van der Waals surface area contributed by atoms with Crippen LogP contribution < -0.4 is 19.5 Å². The van der Waals surface area contributed by atoms with Crippen LogP contribution in [0.15, 0.2) is 36.4 Å². The lowest BCUT2D eigenvalue weighted by Crippen LogP contribution is -2.38. The van der Waals surface area contributed by atoms with E-state index >= 15 is 0 Å². The summed E-state index contributed by atoms with van der Waals surface area (Å²) >= 11 is 1.73. The zero-order chi connectivity index (χ0) is 20.2. The molecule has 0 radical (unpaired) electrons. The molecule has 6 nitrogen and oxygen atoms in total. The Morgan fingerprint density at radius 3 is 2.34 bits per heavy atom. The monoisotopic (exact) mass is 413 g/mol. The van der Waals surface area contributed by atoms with Gasteiger partial charge in [-0.05, 0) is 42.7 Å². The summed E-state index contributed by atoms with van der Waals surface area (Å²) in [5, 5.41) is 4.65. The molecule has 3 aromatic rings. The minimum absolute atomic E-state index is 0.465. The summed E-state index contributed by atoms with van der Waals surface area (Å²) in [6, 6.07) is 12.8. The molecule has 0 atom stereocenters. The van der Waals surface area contributed by atoms with Crippen molar-refractivity contribution in [3.05, 3.63) is 42.0 Å². The largest absolute Gasteiger partial charge is 0.493 e. The molecule has 0 unspecified atom stereocenters. The Labute approximate surface area is 175 Å². The van der Waals surface area contributed by atoms with Gasteiger partial charge in [0.1, 0.15) is 0 Å². The van der Waals surface area contributed by atoms with Gasteiger partial charge in [-0.3, -0.25) is 4.90 Å². The van der Waals surface area contributed by atoms with Crippen LogP contribution in [0.4, 0.5) is 5.13 Å². The van der Waals surface area contributed by atoms with Gasteiger partial charge < -0.3 is 19.5 Å². The van der Waals surface area contributed by atoms with Gasteiger partial charge in [-0.25, -0.2) is 4.98 Å². The molecule has 1 saturated heterocycles. The molecule has 1 aliphatic rings. The molecule has 1 aliphatic heterocycles. The summed E-state index contributed by atoms with van der Waals surface area (Å²) in [5.41, 5.74) is 2.23. The predicted octanol–water partition coefficient (Wildman–Crippen LogP) is 4.40. The van der Waals surface area contributed by atoms with Crippen LogP contribution in [0.5, 0.6) is 17.2 Å². The van der Waals surface area contributed by atoms with Crippen LogP contribution in [-0.2, 0) is 6.54 Å². The number of anilines is 1. The lowest BCUT2D eigenvalue weighted by atomic mass is 10.0. The predicted molar refractivity (Wildman–Crippen MR) is 118 cm³/mol. The van der Waals surface area contributed by atoms with Crippen molar-refractivity contribution in [1.82, 2.24) is 9.88 Å². The Balaban J connectivity index is 1.36. The first-order valence-electron chi connectivity index (χ1n) is 9.83. The molecule has 2 heterocycles. The van der Waals surface area contributed by atoms with E-state index in [-0.39, 0.29) is 0 Å². The molecule has 0 spiro atoms. The Kier molecular flexibility index (Phi) is 6.06. The first-order chi connectivity index (χ1) is 14.2. The number of ether oxygens (including phenoxy) is 3. The Hall–Kier alpha value is -2.51. The minimum Gasteiger partial charge on any atom is -0.493 e. The number of methoxy groups -OCH3 is 3. The van der Waals surface area contributed by atoms with E-state index in [1.807, 2.05) is 18.2 Å². The fourth-order valence-electron chi connectivity index (χ4n) is 3.83. The fraction of sp³-hybridized carbons (Fsp3) is 0.409. The Morgan fingerprint density at radius 2 is 1.72 bits per heavy atom. The highest BCUT2D eigenvalue weighted by molar-refractivity contribution is 7.22. The standard InChI is InChI=1S/C22H27N3O3S/c1-26-18-12-15(13-19(27-2)21(18)28-3)14-25-10-8-16(9-11-25)23-22-24-17-6-4-5-7-20(17)29-22/h4-7,12-13,16H,8-11,14H2,1-3H3,(H,23,24). The maximum Gasteiger partial charge on any atom is 0.203 e. The number of fused-ring (bicyclic) bond motifs is 1. The van der Waals surface area contributed by atoms with E-state index < -0.39 is 0 Å². The van der Waals surface area contributed by atoms with Gasteiger partial charge in [-0.15, -0.1) is 0 Å². The second-order valence-electron chi connectivity index (χ2n) is 7.22. The van der Waals surface area contributed by atoms with Crippen molar-refractivity contribution in [2.24, 2.45) is 0 Å². The van der Waals surface area contributed by atoms with Crippen molar-refractivity contribution in [3.63, 3.8) is 0 Å². The highest BCUT2D eigenvalue weighted by Crippen LogP contribution is 2.38. The van der Waals surface area contributed by atoms with Crippen molar-refractivity contribution >= 4 is 26.7 Å². The van der Waals surface area contributed by atoms with E-state index in [1.165, 1.54) is 4.70 Å². The number of hydrogen-bond donors (Lipinski definition) is 1. The van der Waals surface area contributed by atoms with E-state index in [0.717, 1.165) is 48.7 Å². The van der Waals surface area contributed by atoms with Crippen molar-refractivity contribution in [1.29, 1.82) is 0 Å². The van der Waals surface area contributed by atoms with E-state index in [4.69, 9.17) is 19.2 Å². The summed E-state index contributed by atoms with van der Waals surface area (Å²) in [6.45, 7) is 2.95. The smallest absolute Gasteiger partial charge is 0.203 e. The van der Waals surface area contributed by atoms with Crippen LogP contribution in [0, 0.1) is 0 Å². The number of aromatic nitrogens is 1. The minimum atomic E-state index is 0.465. The summed E-state index contributed by atoms with van der Waals surface area (Å²) in [6.07, 6.45) is 2.20. The average Bonchev–Trinajstić information content (AvgIpc) is 3.16. The molecule has 1 N–H and O–H groups in total. The highest BCUT2D eigenvalue weighted by atomic mass is 32.1. The van der Waals surface area contributed by atoms with Gasteiger partial charge in [0.05, 0.1) is 31.5 Å². The van der Waals surface area contributed by atoms with Crippen LogP contribution in [0.1, 0.15) is 18.4 Å². The van der Waals surface area contributed by atoms with Gasteiger partial charge in [0.15, 0.2) is 16.6 Å². The van der Waals surface area contributed by atoms with Crippen LogP contribution in [0.3, 0.4) is 0 Å². The maximum absolute atomic E-state index is 5.48. The van der Waals surface area contributed by atoms with E-state index in [1.54, 1.807) is 32.7 Å². The van der Waals surface area contributed by atoms with Gasteiger partial charge in [0.25, 0.3) is 0 Å². The van der Waals surface area contributed by atoms with E-state index in [0.29, 0.717) is 23.3 Å². The van der Waals surface area contributed by atoms with E-state index in [2.05, 4.69) is 28.4 Å². The second-order valence-corrected chi connectivity index (χ2v) is 8.25. The van der Waals surface area contributed by atoms with E-state index in [9.17, 15) is 0 Å². The molecular weight excluding hydrogens is 386 g/mol. The normalized spacial score (nSPS) is 15.4. The average molecular weight is 414 g/mol. The molecule has 2 aromatic carbocycles. The second kappa shape index (κ2) is 8.88. The molecule has 0 amide bonds. The number of piperidine rings is 1. The number of nitrogens with one attached hydrogen (secondary N) is 1. The summed E-state index contributed by atoms with van der Waals surface area (Å²) in [7, 11) is 4.93. The molecule has 4 rings (SSSR count). The molecular formula is C22H27N3O3S. The van der Waals surface area contributed by atoms with Crippen LogP contribution >= 0.6 is 11.3 Å². The number of para-hydroxylation sites is 1. The van der Waals surface area contributed by atoms with Gasteiger partial charge in [0.2, 0.25) is 5.75 Å². The summed E-state index contributed by atoms with van der Waals surface area (Å²) in [5.74, 6) is 2.04. The third-order valence-corrected chi connectivity index (χ3v) is 6.31. The van der Waals surface area contributed by atoms with Crippen LogP contribution in [-0.4, -0.2) is 50.3 Å². The maximum atomic E-state index is 5.48. The van der Waals surface area contributed by atoms with Crippen molar-refractivity contribution in [2.75, 3.05) is 39.7 Å². The lowest BCUT2D eigenvalue weighted by molar-refractivity contribution is 0.210. The zero-order valence-corrected chi connectivity index (χ0v) is 17.9. The lowest BCUT2D eigenvalue weighted by Gasteiger charge is -2.32. The Morgan fingerprint density at radius 1 is 1.03 bits per heavy atom. The molecule has 0 aliphatic carbocycles. The molecule has 0 bridgehead atoms. The summed E-state index contributed by atoms with van der Waals surface area (Å²) < 4.78 is 17.6. The number of hydrogen-bond acceptors (Lipinski definition) is 7. The third kappa shape index (κ3) is 4.41. The SMILES string of the molecule is COc1cc(CN2CCC(Nc3nc4ccccc4s3)CC2)cc(OC)c1OC. The molecule has 29 heavy (non-hydrogen) atoms. The number of rotatable bonds is 7. The van der Waals surface area contributed by atoms with Gasteiger partial charge in [0, 0.05) is 25.7 Å². The molecule has 0 saturated carbocycles. The first-order valence-corrected chi connectivity index (χ1v) is 10.6. The molecule has 7 heteroatoms. The van der Waals surface area contributed by atoms with Crippen molar-refractivity contribution in [2.45, 2.75) is 25.4 Å². The number of benzene rings is 2. The molecule has 1 aromatic heterocycles. The summed E-state index contributed by atoms with van der Waals surface area (Å²) in [4.78, 5) is 7.17. The van der Waals surface area contributed by atoms with Gasteiger partial charge in [-0.2, -0.15) is 0 Å². The number of likely N-dealkylation sites (tertiary alicyclic amines) is 1. The van der Waals surface area contributed by atoms with Gasteiger partial charge in [-0.1, -0.05) is 23.5 Å². The number of nitrogens with zero attached hydrogens (tertiary/aromatic N) is 2. The number of thiazole rings is 1.